The Kier molecular flexibility index (Phi) is 8.81. The van der Waals surface area contributed by atoms with E-state index in [1.54, 1.807) is 19.1 Å². The fourth-order valence-electron chi connectivity index (χ4n) is 3.61. The zero-order valence-electron chi connectivity index (χ0n) is 20.9. The van der Waals surface area contributed by atoms with Crippen LogP contribution in [0.1, 0.15) is 54.1 Å². The zero-order valence-corrected chi connectivity index (χ0v) is 21.8. The molecule has 2 N–H and O–H groups in total. The third-order valence-electron chi connectivity index (χ3n) is 5.63. The molecule has 0 aliphatic rings. The Morgan fingerprint density at radius 3 is 2.39 bits per heavy atom. The van der Waals surface area contributed by atoms with Crippen molar-refractivity contribution in [3.8, 4) is 0 Å². The van der Waals surface area contributed by atoms with Gasteiger partial charge in [-0.05, 0) is 50.5 Å². The van der Waals surface area contributed by atoms with Gasteiger partial charge in [-0.1, -0.05) is 43.3 Å². The topological polar surface area (TPSA) is 132 Å². The number of nitro groups is 1. The monoisotopic (exact) mass is 510 g/mol. The Morgan fingerprint density at radius 2 is 1.81 bits per heavy atom. The maximum Gasteiger partial charge on any atom is 0.269 e. The first-order chi connectivity index (χ1) is 17.1. The van der Waals surface area contributed by atoms with Crippen LogP contribution in [0, 0.1) is 29.9 Å². The van der Waals surface area contributed by atoms with Crippen LogP contribution in [0.3, 0.4) is 0 Å². The van der Waals surface area contributed by atoms with Crippen LogP contribution in [0.2, 0.25) is 0 Å². The summed E-state index contributed by atoms with van der Waals surface area (Å²) in [5, 5.41) is 26.0. The van der Waals surface area contributed by atoms with Gasteiger partial charge in [-0.3, -0.25) is 19.7 Å². The number of thioether (sulfide) groups is 1. The molecule has 0 aliphatic carbocycles. The summed E-state index contributed by atoms with van der Waals surface area (Å²) in [6.45, 7) is 10.2. The van der Waals surface area contributed by atoms with Gasteiger partial charge in [0.15, 0.2) is 11.0 Å². The lowest BCUT2D eigenvalue weighted by atomic mass is 10.0. The van der Waals surface area contributed by atoms with Crippen LogP contribution in [0.15, 0.2) is 47.6 Å². The van der Waals surface area contributed by atoms with E-state index in [9.17, 15) is 19.7 Å². The van der Waals surface area contributed by atoms with Crippen LogP contribution in [0.4, 0.5) is 11.4 Å². The number of benzene rings is 2. The molecule has 3 aromatic rings. The number of hydrogen-bond acceptors (Lipinski definition) is 7. The van der Waals surface area contributed by atoms with E-state index in [1.807, 2.05) is 44.4 Å². The first-order valence-electron chi connectivity index (χ1n) is 11.6. The molecule has 2 amide bonds. The molecule has 0 fully saturated rings. The van der Waals surface area contributed by atoms with Gasteiger partial charge < -0.3 is 15.2 Å². The van der Waals surface area contributed by atoms with Gasteiger partial charge in [-0.2, -0.15) is 0 Å². The molecule has 190 valence electrons. The molecule has 2 aromatic carbocycles. The van der Waals surface area contributed by atoms with Crippen molar-refractivity contribution in [1.82, 2.24) is 20.1 Å². The van der Waals surface area contributed by atoms with Gasteiger partial charge in [0, 0.05) is 29.9 Å². The van der Waals surface area contributed by atoms with Crippen LogP contribution in [0.25, 0.3) is 0 Å². The SMILES string of the molecule is CCn1c(SCC(=O)Nc2ccc([N+](=O)[O-])cc2C)nnc1[C@@H](NC(=O)c1ccc(C)cc1)C(C)C. The maximum atomic E-state index is 12.9. The van der Waals surface area contributed by atoms with Gasteiger partial charge in [0.25, 0.3) is 11.6 Å². The third-order valence-corrected chi connectivity index (χ3v) is 6.60. The van der Waals surface area contributed by atoms with E-state index < -0.39 is 4.92 Å². The van der Waals surface area contributed by atoms with Gasteiger partial charge in [-0.25, -0.2) is 0 Å². The van der Waals surface area contributed by atoms with Crippen LogP contribution in [-0.2, 0) is 11.3 Å². The second-order valence-electron chi connectivity index (χ2n) is 8.74. The summed E-state index contributed by atoms with van der Waals surface area (Å²) in [5.41, 5.74) is 2.74. The second kappa shape index (κ2) is 11.8. The van der Waals surface area contributed by atoms with Gasteiger partial charge in [0.2, 0.25) is 5.91 Å². The van der Waals surface area contributed by atoms with Crippen molar-refractivity contribution in [2.75, 3.05) is 11.1 Å². The number of hydrogen-bond donors (Lipinski definition) is 2. The summed E-state index contributed by atoms with van der Waals surface area (Å²) in [7, 11) is 0. The first-order valence-corrected chi connectivity index (χ1v) is 12.6. The average molecular weight is 511 g/mol. The molecule has 11 heteroatoms. The van der Waals surface area contributed by atoms with Crippen LogP contribution in [-0.4, -0.2) is 37.3 Å². The summed E-state index contributed by atoms with van der Waals surface area (Å²) in [6, 6.07) is 11.3. The molecule has 10 nitrogen and oxygen atoms in total. The summed E-state index contributed by atoms with van der Waals surface area (Å²) < 4.78 is 1.90. The Morgan fingerprint density at radius 1 is 1.11 bits per heavy atom. The number of rotatable bonds is 10. The Bertz CT molecular complexity index is 1260. The van der Waals surface area contributed by atoms with E-state index in [0.29, 0.717) is 34.3 Å². The van der Waals surface area contributed by atoms with E-state index in [2.05, 4.69) is 20.8 Å². The minimum atomic E-state index is -0.475. The molecule has 0 spiro atoms. The average Bonchev–Trinajstić information content (AvgIpc) is 3.24. The Hall–Kier alpha value is -3.73. The lowest BCUT2D eigenvalue weighted by molar-refractivity contribution is -0.384. The fraction of sp³-hybridized carbons (Fsp3) is 0.360. The Balaban J connectivity index is 1.70. The molecule has 0 bridgehead atoms. The van der Waals surface area contributed by atoms with E-state index in [4.69, 9.17) is 0 Å². The second-order valence-corrected chi connectivity index (χ2v) is 9.68. The van der Waals surface area contributed by atoms with E-state index in [-0.39, 0.29) is 35.2 Å². The van der Waals surface area contributed by atoms with Gasteiger partial charge in [0.05, 0.1) is 16.7 Å². The zero-order chi connectivity index (χ0) is 26.4. The summed E-state index contributed by atoms with van der Waals surface area (Å²) >= 11 is 1.24. The van der Waals surface area contributed by atoms with Crippen molar-refractivity contribution in [3.05, 3.63) is 75.1 Å². The highest BCUT2D eigenvalue weighted by molar-refractivity contribution is 7.99. The number of non-ortho nitro benzene ring substituents is 1. The van der Waals surface area contributed by atoms with Crippen molar-refractivity contribution < 1.29 is 14.5 Å². The van der Waals surface area contributed by atoms with Gasteiger partial charge in [-0.15, -0.1) is 10.2 Å². The van der Waals surface area contributed by atoms with E-state index >= 15 is 0 Å². The molecule has 0 radical (unpaired) electrons. The summed E-state index contributed by atoms with van der Waals surface area (Å²) in [5.74, 6) is 0.308. The number of aryl methyl sites for hydroxylation is 2. The van der Waals surface area contributed by atoms with Crippen molar-refractivity contribution in [3.63, 3.8) is 0 Å². The highest BCUT2D eigenvalue weighted by atomic mass is 32.2. The number of amides is 2. The smallest absolute Gasteiger partial charge is 0.269 e. The molecule has 1 aromatic heterocycles. The molecule has 0 saturated carbocycles. The Labute approximate surface area is 214 Å². The van der Waals surface area contributed by atoms with Crippen molar-refractivity contribution >= 4 is 35.0 Å². The van der Waals surface area contributed by atoms with Crippen molar-refractivity contribution in [2.45, 2.75) is 52.4 Å². The number of nitro benzene ring substituents is 1. The number of nitrogens with zero attached hydrogens (tertiary/aromatic N) is 4. The van der Waals surface area contributed by atoms with Crippen LogP contribution >= 0.6 is 11.8 Å². The standard InChI is InChI=1S/C25H30N6O4S/c1-6-30-23(22(15(2)3)27-24(33)18-9-7-16(4)8-10-18)28-29-25(30)36-14-21(32)26-20-12-11-19(31(34)35)13-17(20)5/h7-13,15,22H,6,14H2,1-5H3,(H,26,32)(H,27,33)/t22-/m0/s1. The van der Waals surface area contributed by atoms with E-state index in [0.717, 1.165) is 5.56 Å². The molecule has 3 rings (SSSR count). The largest absolute Gasteiger partial charge is 0.342 e. The highest BCUT2D eigenvalue weighted by Gasteiger charge is 2.26. The number of aromatic nitrogens is 3. The normalized spacial score (nSPS) is 11.8. The molecule has 0 aliphatic heterocycles. The highest BCUT2D eigenvalue weighted by Crippen LogP contribution is 2.26. The van der Waals surface area contributed by atoms with E-state index in [1.165, 1.54) is 30.0 Å². The molecule has 36 heavy (non-hydrogen) atoms. The molecular formula is C25H30N6O4S. The van der Waals surface area contributed by atoms with Crippen LogP contribution < -0.4 is 10.6 Å². The predicted octanol–water partition coefficient (Wildman–Crippen LogP) is 4.68. The maximum absolute atomic E-state index is 12.9. The fourth-order valence-corrected chi connectivity index (χ4v) is 4.42. The molecule has 0 saturated heterocycles. The predicted molar refractivity (Wildman–Crippen MR) is 139 cm³/mol. The molecule has 1 heterocycles. The van der Waals surface area contributed by atoms with Crippen molar-refractivity contribution in [1.29, 1.82) is 0 Å². The van der Waals surface area contributed by atoms with Crippen LogP contribution in [0.5, 0.6) is 0 Å². The van der Waals surface area contributed by atoms with Gasteiger partial charge in [0.1, 0.15) is 0 Å². The number of anilines is 1. The quantitative estimate of drug-likeness (QED) is 0.230. The summed E-state index contributed by atoms with van der Waals surface area (Å²) in [6.07, 6.45) is 0. The summed E-state index contributed by atoms with van der Waals surface area (Å²) in [4.78, 5) is 35.9. The van der Waals surface area contributed by atoms with Gasteiger partial charge >= 0.3 is 0 Å². The van der Waals surface area contributed by atoms with Crippen molar-refractivity contribution in [2.24, 2.45) is 5.92 Å². The molecule has 1 atom stereocenters. The number of carbonyl (C=O) groups is 2. The minimum Gasteiger partial charge on any atom is -0.342 e. The molecular weight excluding hydrogens is 480 g/mol. The number of carbonyl (C=O) groups excluding carboxylic acids is 2. The third kappa shape index (κ3) is 6.48. The molecule has 0 unspecified atom stereocenters. The first kappa shape index (κ1) is 26.9. The number of nitrogens with one attached hydrogen (secondary N) is 2. The lowest BCUT2D eigenvalue weighted by Crippen LogP contribution is -2.33. The lowest BCUT2D eigenvalue weighted by Gasteiger charge is -2.22. The minimum absolute atomic E-state index is 0.0300.